The van der Waals surface area contributed by atoms with Crippen LogP contribution >= 0.6 is 0 Å². The van der Waals surface area contributed by atoms with Crippen LogP contribution in [0.2, 0.25) is 0 Å². The van der Waals surface area contributed by atoms with Gasteiger partial charge in [-0.2, -0.15) is 0 Å². The molecule has 1 aromatic carbocycles. The lowest BCUT2D eigenvalue weighted by Crippen LogP contribution is -2.42. The van der Waals surface area contributed by atoms with E-state index in [1.807, 2.05) is 43.4 Å². The number of rotatable bonds is 16. The largest absolute Gasteiger partial charge is 0.481 e. The molecule has 1 aromatic rings. The van der Waals surface area contributed by atoms with Gasteiger partial charge in [0.05, 0.1) is 12.5 Å². The van der Waals surface area contributed by atoms with Crippen molar-refractivity contribution in [1.29, 1.82) is 0 Å². The zero-order valence-corrected chi connectivity index (χ0v) is 17.9. The standard InChI is InChI=1S/C23H37N3O3/c1-26(2)19-21(18-23(28)29)25-22(27)14-10-5-3-4-6-11-16-24-17-15-20-12-8-7-9-13-20/h7-9,12-13,15,17,21,24H,3-6,10-11,14,16,18-19H2,1-2H3,(H,25,27)(H,28,29). The van der Waals surface area contributed by atoms with Crippen LogP contribution in [0.4, 0.5) is 0 Å². The molecule has 162 valence electrons. The van der Waals surface area contributed by atoms with E-state index in [1.54, 1.807) is 0 Å². The highest BCUT2D eigenvalue weighted by molar-refractivity contribution is 5.77. The minimum absolute atomic E-state index is 0.0432. The Hall–Kier alpha value is -2.34. The fourth-order valence-electron chi connectivity index (χ4n) is 3.13. The Morgan fingerprint density at radius 1 is 1.03 bits per heavy atom. The van der Waals surface area contributed by atoms with Crippen molar-refractivity contribution in [3.63, 3.8) is 0 Å². The number of likely N-dealkylation sites (N-methyl/N-ethyl adjacent to an activating group) is 1. The lowest BCUT2D eigenvalue weighted by atomic mass is 10.1. The van der Waals surface area contributed by atoms with E-state index in [4.69, 9.17) is 5.11 Å². The van der Waals surface area contributed by atoms with Gasteiger partial charge in [0.1, 0.15) is 0 Å². The molecule has 6 nitrogen and oxygen atoms in total. The van der Waals surface area contributed by atoms with Gasteiger partial charge < -0.3 is 20.6 Å². The van der Waals surface area contributed by atoms with Crippen LogP contribution in [0.25, 0.3) is 6.08 Å². The van der Waals surface area contributed by atoms with E-state index < -0.39 is 5.97 Å². The molecule has 1 atom stereocenters. The maximum Gasteiger partial charge on any atom is 0.305 e. The topological polar surface area (TPSA) is 81.7 Å². The molecule has 0 bridgehead atoms. The number of carboxylic acid groups (broad SMARTS) is 1. The smallest absolute Gasteiger partial charge is 0.305 e. The summed E-state index contributed by atoms with van der Waals surface area (Å²) in [7, 11) is 3.74. The Kier molecular flexibility index (Phi) is 13.3. The summed E-state index contributed by atoms with van der Waals surface area (Å²) in [4.78, 5) is 24.8. The van der Waals surface area contributed by atoms with Gasteiger partial charge in [-0.3, -0.25) is 9.59 Å². The Bertz CT molecular complexity index is 603. The van der Waals surface area contributed by atoms with E-state index in [2.05, 4.69) is 28.8 Å². The van der Waals surface area contributed by atoms with Crippen LogP contribution < -0.4 is 10.6 Å². The molecule has 0 radical (unpaired) electrons. The highest BCUT2D eigenvalue weighted by atomic mass is 16.4. The van der Waals surface area contributed by atoms with Gasteiger partial charge in [0.25, 0.3) is 0 Å². The second-order valence-electron chi connectivity index (χ2n) is 7.69. The maximum absolute atomic E-state index is 12.0. The molecule has 0 aliphatic rings. The van der Waals surface area contributed by atoms with Crippen molar-refractivity contribution < 1.29 is 14.7 Å². The lowest BCUT2D eigenvalue weighted by Gasteiger charge is -2.20. The molecule has 0 spiro atoms. The monoisotopic (exact) mass is 403 g/mol. The predicted octanol–water partition coefficient (Wildman–Crippen LogP) is 3.50. The fraction of sp³-hybridized carbons (Fsp3) is 0.565. The van der Waals surface area contributed by atoms with Gasteiger partial charge >= 0.3 is 5.97 Å². The van der Waals surface area contributed by atoms with Gasteiger partial charge in [-0.15, -0.1) is 0 Å². The molecule has 0 saturated carbocycles. The van der Waals surface area contributed by atoms with Gasteiger partial charge in [0, 0.05) is 19.5 Å². The summed E-state index contributed by atoms with van der Waals surface area (Å²) in [5, 5.41) is 15.1. The van der Waals surface area contributed by atoms with Crippen LogP contribution in [0.3, 0.4) is 0 Å². The van der Waals surface area contributed by atoms with Crippen molar-refractivity contribution in [1.82, 2.24) is 15.5 Å². The molecule has 29 heavy (non-hydrogen) atoms. The van der Waals surface area contributed by atoms with Crippen LogP contribution in [0.1, 0.15) is 56.9 Å². The molecule has 0 fully saturated rings. The van der Waals surface area contributed by atoms with Crippen molar-refractivity contribution in [3.8, 4) is 0 Å². The fourth-order valence-corrected chi connectivity index (χ4v) is 3.13. The van der Waals surface area contributed by atoms with E-state index in [9.17, 15) is 9.59 Å². The number of nitrogens with one attached hydrogen (secondary N) is 2. The SMILES string of the molecule is CN(C)CC(CC(=O)O)NC(=O)CCCCCCCCNC=Cc1ccccc1. The van der Waals surface area contributed by atoms with Crippen LogP contribution in [0.15, 0.2) is 36.5 Å². The van der Waals surface area contributed by atoms with Gasteiger partial charge in [-0.05, 0) is 44.8 Å². The number of amides is 1. The van der Waals surface area contributed by atoms with E-state index in [-0.39, 0.29) is 18.4 Å². The van der Waals surface area contributed by atoms with Gasteiger partial charge in [-0.1, -0.05) is 56.0 Å². The number of carboxylic acids is 1. The lowest BCUT2D eigenvalue weighted by molar-refractivity contribution is -0.137. The zero-order chi connectivity index (χ0) is 21.3. The van der Waals surface area contributed by atoms with Gasteiger partial charge in [0.2, 0.25) is 5.91 Å². The molecule has 0 heterocycles. The average molecular weight is 404 g/mol. The maximum atomic E-state index is 12.0. The van der Waals surface area contributed by atoms with Crippen molar-refractivity contribution in [2.45, 2.75) is 57.4 Å². The third-order valence-corrected chi connectivity index (χ3v) is 4.54. The molecule has 0 aliphatic carbocycles. The number of hydrogen-bond acceptors (Lipinski definition) is 4. The number of carbonyl (C=O) groups is 2. The summed E-state index contributed by atoms with van der Waals surface area (Å²) >= 11 is 0. The average Bonchev–Trinajstić information content (AvgIpc) is 2.65. The van der Waals surface area contributed by atoms with E-state index in [0.29, 0.717) is 13.0 Å². The second kappa shape index (κ2) is 15.6. The van der Waals surface area contributed by atoms with Crippen molar-refractivity contribution in [2.24, 2.45) is 0 Å². The van der Waals surface area contributed by atoms with Crippen LogP contribution in [-0.2, 0) is 9.59 Å². The summed E-state index contributed by atoms with van der Waals surface area (Å²) in [6.45, 7) is 1.51. The molecule has 1 unspecified atom stereocenters. The molecule has 0 aromatic heterocycles. The molecular formula is C23H37N3O3. The van der Waals surface area contributed by atoms with Crippen molar-refractivity contribution >= 4 is 18.0 Å². The number of hydrogen-bond donors (Lipinski definition) is 3. The first-order valence-corrected chi connectivity index (χ1v) is 10.6. The van der Waals surface area contributed by atoms with E-state index in [1.165, 1.54) is 18.4 Å². The first-order valence-electron chi connectivity index (χ1n) is 10.6. The molecular weight excluding hydrogens is 366 g/mol. The molecule has 6 heteroatoms. The number of unbranched alkanes of at least 4 members (excludes halogenated alkanes) is 5. The number of benzene rings is 1. The Balaban J connectivity index is 1.99. The van der Waals surface area contributed by atoms with Crippen molar-refractivity contribution in [3.05, 3.63) is 42.1 Å². The van der Waals surface area contributed by atoms with E-state index >= 15 is 0 Å². The van der Waals surface area contributed by atoms with Gasteiger partial charge in [-0.25, -0.2) is 0 Å². The predicted molar refractivity (Wildman–Crippen MR) is 119 cm³/mol. The quantitative estimate of drug-likeness (QED) is 0.368. The van der Waals surface area contributed by atoms with E-state index in [0.717, 1.165) is 32.2 Å². The first-order chi connectivity index (χ1) is 14.0. The zero-order valence-electron chi connectivity index (χ0n) is 17.9. The first kappa shape index (κ1) is 24.7. The molecule has 1 rings (SSSR count). The summed E-state index contributed by atoms with van der Waals surface area (Å²) in [5.41, 5.74) is 1.19. The second-order valence-corrected chi connectivity index (χ2v) is 7.69. The third kappa shape index (κ3) is 14.3. The Labute approximate surface area is 175 Å². The molecule has 3 N–H and O–H groups in total. The Morgan fingerprint density at radius 3 is 2.34 bits per heavy atom. The highest BCUT2D eigenvalue weighted by Gasteiger charge is 2.16. The summed E-state index contributed by atoms with van der Waals surface area (Å²) in [6.07, 6.45) is 11.0. The molecule has 1 amide bonds. The van der Waals surface area contributed by atoms with Crippen LogP contribution in [0.5, 0.6) is 0 Å². The Morgan fingerprint density at radius 2 is 1.69 bits per heavy atom. The summed E-state index contributed by atoms with van der Waals surface area (Å²) in [6, 6.07) is 9.89. The minimum Gasteiger partial charge on any atom is -0.481 e. The van der Waals surface area contributed by atoms with Crippen LogP contribution in [0, 0.1) is 0 Å². The minimum atomic E-state index is -0.887. The number of nitrogens with zero attached hydrogens (tertiary/aromatic N) is 1. The summed E-state index contributed by atoms with van der Waals surface area (Å²) < 4.78 is 0. The van der Waals surface area contributed by atoms with Crippen molar-refractivity contribution in [2.75, 3.05) is 27.2 Å². The number of carbonyl (C=O) groups excluding carboxylic acids is 1. The normalized spacial score (nSPS) is 12.2. The van der Waals surface area contributed by atoms with Gasteiger partial charge in [0.15, 0.2) is 0 Å². The third-order valence-electron chi connectivity index (χ3n) is 4.54. The molecule has 0 saturated heterocycles. The molecule has 0 aliphatic heterocycles. The highest BCUT2D eigenvalue weighted by Crippen LogP contribution is 2.07. The number of aliphatic carboxylic acids is 1. The summed E-state index contributed by atoms with van der Waals surface area (Å²) in [5.74, 6) is -0.935. The van der Waals surface area contributed by atoms with Crippen LogP contribution in [-0.4, -0.2) is 55.1 Å².